The average molecular weight is 529 g/mol. The van der Waals surface area contributed by atoms with Gasteiger partial charge in [0.15, 0.2) is 26.6 Å². The Morgan fingerprint density at radius 3 is 2.49 bits per heavy atom. The van der Waals surface area contributed by atoms with Crippen LogP contribution in [0, 0.1) is 0 Å². The Hall–Kier alpha value is -2.56. The molecule has 202 valence electrons. The van der Waals surface area contributed by atoms with Gasteiger partial charge in [0.05, 0.1) is 25.0 Å². The summed E-state index contributed by atoms with van der Waals surface area (Å²) >= 11 is 0. The van der Waals surface area contributed by atoms with Gasteiger partial charge in [-0.3, -0.25) is 0 Å². The van der Waals surface area contributed by atoms with E-state index < -0.39 is 14.4 Å². The molecule has 0 aliphatic rings. The van der Waals surface area contributed by atoms with Crippen molar-refractivity contribution >= 4 is 8.32 Å². The van der Waals surface area contributed by atoms with Crippen molar-refractivity contribution in [3.05, 3.63) is 84.2 Å². The number of hydrogen-bond acceptors (Lipinski definition) is 8. The lowest BCUT2D eigenvalue weighted by Gasteiger charge is -2.38. The Bertz CT molecular complexity index is 1080. The summed E-state index contributed by atoms with van der Waals surface area (Å²) in [5.41, 5.74) is 1.85. The maximum Gasteiger partial charge on any atom is 0.231 e. The third-order valence-corrected chi connectivity index (χ3v) is 11.0. The van der Waals surface area contributed by atoms with Gasteiger partial charge in [-0.05, 0) is 37.0 Å². The monoisotopic (exact) mass is 528 g/mol. The summed E-state index contributed by atoms with van der Waals surface area (Å²) < 4.78 is 34.9. The quantitative estimate of drug-likeness (QED) is 0.126. The molecule has 3 atom stereocenters. The Kier molecular flexibility index (Phi) is 10.4. The van der Waals surface area contributed by atoms with Crippen molar-refractivity contribution < 1.29 is 27.5 Å². The molecule has 0 saturated heterocycles. The standard InChI is InChI=1S/C28H40N2O6Si/c1-21(32-17-22-13-9-8-10-14-22)12-11-15-24(36-37(6,7)28(2,3)4)23-18-33-27(30-23)26(35-20-31-5)25-16-29-19-34-25/h8-14,16,18-19,21,24,26H,15,17,20H2,1-7H3/b12-11-/t21-,24+,26?/m1/s1. The third-order valence-electron chi connectivity index (χ3n) is 6.51. The number of oxazole rings is 2. The maximum atomic E-state index is 6.79. The molecule has 1 aromatic carbocycles. The summed E-state index contributed by atoms with van der Waals surface area (Å²) in [5.74, 6) is 0.841. The van der Waals surface area contributed by atoms with Crippen LogP contribution < -0.4 is 0 Å². The highest BCUT2D eigenvalue weighted by atomic mass is 28.4. The predicted octanol–water partition coefficient (Wildman–Crippen LogP) is 6.99. The summed E-state index contributed by atoms with van der Waals surface area (Å²) in [6, 6.07) is 10.2. The first-order valence-corrected chi connectivity index (χ1v) is 15.5. The average Bonchev–Trinajstić information content (AvgIpc) is 3.56. The number of ether oxygens (including phenoxy) is 3. The molecule has 0 bridgehead atoms. The van der Waals surface area contributed by atoms with E-state index in [9.17, 15) is 0 Å². The molecule has 2 heterocycles. The summed E-state index contributed by atoms with van der Waals surface area (Å²) in [5, 5.41) is 0.0393. The van der Waals surface area contributed by atoms with Crippen molar-refractivity contribution in [1.82, 2.24) is 9.97 Å². The SMILES string of the molecule is COCOC(c1cnco1)c1nc([C@H](C/C=C\[C@@H](C)OCc2ccccc2)O[Si](C)(C)C(C)(C)C)co1. The van der Waals surface area contributed by atoms with Crippen molar-refractivity contribution in [2.75, 3.05) is 13.9 Å². The van der Waals surface area contributed by atoms with Gasteiger partial charge in [-0.1, -0.05) is 63.3 Å². The van der Waals surface area contributed by atoms with Crippen molar-refractivity contribution in [2.24, 2.45) is 0 Å². The molecule has 37 heavy (non-hydrogen) atoms. The molecule has 0 radical (unpaired) electrons. The van der Waals surface area contributed by atoms with Crippen LogP contribution in [0.1, 0.15) is 69.2 Å². The number of rotatable bonds is 14. The molecular weight excluding hydrogens is 488 g/mol. The highest BCUT2D eigenvalue weighted by Crippen LogP contribution is 2.41. The fourth-order valence-electron chi connectivity index (χ4n) is 3.35. The van der Waals surface area contributed by atoms with E-state index in [-0.39, 0.29) is 24.0 Å². The number of nitrogens with zero attached hydrogens (tertiary/aromatic N) is 2. The molecule has 1 unspecified atom stereocenters. The van der Waals surface area contributed by atoms with Crippen LogP contribution in [0.5, 0.6) is 0 Å². The summed E-state index contributed by atoms with van der Waals surface area (Å²) in [4.78, 5) is 8.75. The van der Waals surface area contributed by atoms with Gasteiger partial charge in [0.1, 0.15) is 18.8 Å². The summed E-state index contributed by atoms with van der Waals surface area (Å²) in [6.45, 7) is 13.8. The molecule has 9 heteroatoms. The lowest BCUT2D eigenvalue weighted by molar-refractivity contribution is -0.0727. The van der Waals surface area contributed by atoms with Gasteiger partial charge in [-0.25, -0.2) is 9.97 Å². The zero-order valence-corrected chi connectivity index (χ0v) is 24.0. The van der Waals surface area contributed by atoms with Crippen molar-refractivity contribution in [2.45, 2.75) is 77.2 Å². The summed E-state index contributed by atoms with van der Waals surface area (Å²) in [6.07, 6.45) is 8.34. The van der Waals surface area contributed by atoms with Gasteiger partial charge >= 0.3 is 0 Å². The lowest BCUT2D eigenvalue weighted by Crippen LogP contribution is -2.41. The highest BCUT2D eigenvalue weighted by Gasteiger charge is 2.40. The molecular formula is C28H40N2O6Si. The van der Waals surface area contributed by atoms with Crippen LogP contribution in [0.3, 0.4) is 0 Å². The van der Waals surface area contributed by atoms with E-state index in [1.54, 1.807) is 19.6 Å². The number of benzene rings is 1. The Labute approximate surface area is 221 Å². The van der Waals surface area contributed by atoms with Crippen LogP contribution in [0.2, 0.25) is 18.1 Å². The van der Waals surface area contributed by atoms with Crippen molar-refractivity contribution in [3.63, 3.8) is 0 Å². The molecule has 0 N–H and O–H groups in total. The first-order chi connectivity index (χ1) is 17.6. The van der Waals surface area contributed by atoms with Gasteiger partial charge in [-0.15, -0.1) is 0 Å². The number of aromatic nitrogens is 2. The van der Waals surface area contributed by atoms with Crippen molar-refractivity contribution in [3.8, 4) is 0 Å². The minimum atomic E-state index is -2.11. The van der Waals surface area contributed by atoms with E-state index in [1.807, 2.05) is 25.1 Å². The Balaban J connectivity index is 1.75. The van der Waals surface area contributed by atoms with E-state index in [0.29, 0.717) is 30.4 Å². The predicted molar refractivity (Wildman–Crippen MR) is 143 cm³/mol. The zero-order chi connectivity index (χ0) is 26.9. The second kappa shape index (κ2) is 13.3. The van der Waals surface area contributed by atoms with Gasteiger partial charge in [-0.2, -0.15) is 0 Å². The van der Waals surface area contributed by atoms with E-state index in [1.165, 1.54) is 6.39 Å². The molecule has 0 aliphatic carbocycles. The lowest BCUT2D eigenvalue weighted by atomic mass is 10.2. The second-order valence-corrected chi connectivity index (χ2v) is 15.3. The van der Waals surface area contributed by atoms with Gasteiger partial charge in [0, 0.05) is 7.11 Å². The topological polar surface area (TPSA) is 89.0 Å². The number of methoxy groups -OCH3 is 1. The van der Waals surface area contributed by atoms with Crippen LogP contribution in [0.4, 0.5) is 0 Å². The minimum absolute atomic E-state index is 0.0393. The minimum Gasteiger partial charge on any atom is -0.445 e. The third kappa shape index (κ3) is 8.48. The molecule has 2 aromatic heterocycles. The normalized spacial score (nSPS) is 15.2. The zero-order valence-electron chi connectivity index (χ0n) is 23.0. The second-order valence-electron chi connectivity index (χ2n) is 10.5. The molecule has 8 nitrogen and oxygen atoms in total. The van der Waals surface area contributed by atoms with E-state index in [0.717, 1.165) is 5.56 Å². The number of hydrogen-bond donors (Lipinski definition) is 0. The van der Waals surface area contributed by atoms with Gasteiger partial charge < -0.3 is 27.5 Å². The molecule has 0 fully saturated rings. The molecule has 0 aliphatic heterocycles. The Morgan fingerprint density at radius 1 is 1.08 bits per heavy atom. The largest absolute Gasteiger partial charge is 0.445 e. The van der Waals surface area contributed by atoms with E-state index in [2.05, 4.69) is 63.1 Å². The van der Waals surface area contributed by atoms with Gasteiger partial charge in [0.25, 0.3) is 0 Å². The Morgan fingerprint density at radius 2 is 1.84 bits per heavy atom. The smallest absolute Gasteiger partial charge is 0.231 e. The first kappa shape index (κ1) is 29.0. The van der Waals surface area contributed by atoms with Crippen molar-refractivity contribution in [1.29, 1.82) is 0 Å². The van der Waals surface area contributed by atoms with Crippen LogP contribution in [0.25, 0.3) is 0 Å². The van der Waals surface area contributed by atoms with Crippen LogP contribution >= 0.6 is 0 Å². The molecule has 0 amide bonds. The molecule has 0 spiro atoms. The molecule has 3 aromatic rings. The molecule has 0 saturated carbocycles. The van der Waals surface area contributed by atoms with E-state index in [4.69, 9.17) is 32.5 Å². The van der Waals surface area contributed by atoms with Crippen LogP contribution in [-0.2, 0) is 25.2 Å². The first-order valence-electron chi connectivity index (χ1n) is 12.5. The summed E-state index contributed by atoms with van der Waals surface area (Å²) in [7, 11) is -0.552. The fourth-order valence-corrected chi connectivity index (χ4v) is 4.63. The van der Waals surface area contributed by atoms with Gasteiger partial charge in [0.2, 0.25) is 5.89 Å². The molecule has 3 rings (SSSR count). The highest BCUT2D eigenvalue weighted by molar-refractivity contribution is 6.74. The van der Waals surface area contributed by atoms with E-state index >= 15 is 0 Å². The maximum absolute atomic E-state index is 6.79. The fraction of sp³-hybridized carbons (Fsp3) is 0.500. The van der Waals surface area contributed by atoms with Crippen LogP contribution in [-0.4, -0.2) is 38.3 Å². The van der Waals surface area contributed by atoms with Crippen LogP contribution in [0.15, 0.2) is 70.2 Å².